The van der Waals surface area contributed by atoms with Gasteiger partial charge in [0.15, 0.2) is 0 Å². The lowest BCUT2D eigenvalue weighted by atomic mass is 10.2. The summed E-state index contributed by atoms with van der Waals surface area (Å²) in [5, 5.41) is 8.52. The third-order valence-electron chi connectivity index (χ3n) is 2.22. The van der Waals surface area contributed by atoms with Crippen LogP contribution in [0.15, 0.2) is 18.6 Å². The van der Waals surface area contributed by atoms with Crippen molar-refractivity contribution in [3.63, 3.8) is 0 Å². The summed E-state index contributed by atoms with van der Waals surface area (Å²) in [6.07, 6.45) is 6.60. The first-order chi connectivity index (χ1) is 7.20. The molecule has 5 nitrogen and oxygen atoms in total. The normalized spacial score (nSPS) is 10.8. The zero-order valence-electron chi connectivity index (χ0n) is 9.01. The largest absolute Gasteiger partial charge is 0.396 e. The summed E-state index contributed by atoms with van der Waals surface area (Å²) < 4.78 is 3.62. The van der Waals surface area contributed by atoms with E-state index >= 15 is 0 Å². The minimum absolute atomic E-state index is 0.705. The van der Waals surface area contributed by atoms with Gasteiger partial charge in [0.2, 0.25) is 0 Å². The lowest BCUT2D eigenvalue weighted by molar-refractivity contribution is 0.605. The Balaban J connectivity index is 2.35. The molecule has 5 heteroatoms. The van der Waals surface area contributed by atoms with Gasteiger partial charge in [-0.1, -0.05) is 6.92 Å². The predicted octanol–water partition coefficient (Wildman–Crippen LogP) is 1.28. The Hall–Kier alpha value is -1.78. The molecule has 0 saturated carbocycles. The molecule has 0 spiro atoms. The Morgan fingerprint density at radius 3 is 2.80 bits per heavy atom. The van der Waals surface area contributed by atoms with E-state index in [1.807, 2.05) is 24.1 Å². The third-order valence-corrected chi connectivity index (χ3v) is 2.22. The summed E-state index contributed by atoms with van der Waals surface area (Å²) in [6, 6.07) is 0. The van der Waals surface area contributed by atoms with Crippen LogP contribution in [0.3, 0.4) is 0 Å². The van der Waals surface area contributed by atoms with Gasteiger partial charge >= 0.3 is 0 Å². The lowest BCUT2D eigenvalue weighted by Gasteiger charge is -1.94. The van der Waals surface area contributed by atoms with Crippen molar-refractivity contribution in [3.8, 4) is 11.3 Å². The zero-order chi connectivity index (χ0) is 10.8. The molecule has 2 N–H and O–H groups in total. The molecule has 0 unspecified atom stereocenters. The van der Waals surface area contributed by atoms with Crippen molar-refractivity contribution in [2.75, 3.05) is 5.73 Å². The summed E-state index contributed by atoms with van der Waals surface area (Å²) in [7, 11) is 1.88. The van der Waals surface area contributed by atoms with E-state index < -0.39 is 0 Å². The Kier molecular flexibility index (Phi) is 2.45. The van der Waals surface area contributed by atoms with Gasteiger partial charge in [0.05, 0.1) is 11.9 Å². The maximum absolute atomic E-state index is 5.89. The number of aromatic nitrogens is 4. The van der Waals surface area contributed by atoms with Crippen molar-refractivity contribution in [1.29, 1.82) is 0 Å². The standard InChI is InChI=1S/C10H15N5/c1-3-4-15-7-9(11)10(13-15)8-5-12-14(2)6-8/h5-7H,3-4,11H2,1-2H3. The monoisotopic (exact) mass is 205 g/mol. The van der Waals surface area contributed by atoms with E-state index in [9.17, 15) is 0 Å². The molecule has 80 valence electrons. The molecule has 2 aromatic rings. The number of aryl methyl sites for hydroxylation is 2. The molecular formula is C10H15N5. The average molecular weight is 205 g/mol. The number of hydrogen-bond donors (Lipinski definition) is 1. The molecule has 0 aliphatic heterocycles. The molecule has 0 aromatic carbocycles. The topological polar surface area (TPSA) is 61.7 Å². The first-order valence-corrected chi connectivity index (χ1v) is 5.02. The third kappa shape index (κ3) is 1.86. The van der Waals surface area contributed by atoms with Crippen LogP contribution in [-0.4, -0.2) is 19.6 Å². The second-order valence-corrected chi connectivity index (χ2v) is 3.60. The zero-order valence-corrected chi connectivity index (χ0v) is 9.01. The van der Waals surface area contributed by atoms with Crippen LogP contribution < -0.4 is 5.73 Å². The molecular weight excluding hydrogens is 190 g/mol. The van der Waals surface area contributed by atoms with E-state index in [1.54, 1.807) is 10.9 Å². The number of nitrogen functional groups attached to an aromatic ring is 1. The van der Waals surface area contributed by atoms with Crippen LogP contribution in [0, 0.1) is 0 Å². The predicted molar refractivity (Wildman–Crippen MR) is 59.1 cm³/mol. The van der Waals surface area contributed by atoms with Crippen LogP contribution in [0.5, 0.6) is 0 Å². The SMILES string of the molecule is CCCn1cc(N)c(-c2cnn(C)c2)n1. The van der Waals surface area contributed by atoms with E-state index in [1.165, 1.54) is 0 Å². The quantitative estimate of drug-likeness (QED) is 0.821. The van der Waals surface area contributed by atoms with Crippen molar-refractivity contribution in [1.82, 2.24) is 19.6 Å². The van der Waals surface area contributed by atoms with Gasteiger partial charge in [-0.15, -0.1) is 0 Å². The first-order valence-electron chi connectivity index (χ1n) is 5.02. The smallest absolute Gasteiger partial charge is 0.118 e. The van der Waals surface area contributed by atoms with Crippen LogP contribution >= 0.6 is 0 Å². The van der Waals surface area contributed by atoms with Gasteiger partial charge in [0.25, 0.3) is 0 Å². The molecule has 2 rings (SSSR count). The summed E-state index contributed by atoms with van der Waals surface area (Å²) in [4.78, 5) is 0. The van der Waals surface area contributed by atoms with Crippen molar-refractivity contribution < 1.29 is 0 Å². The number of anilines is 1. The fourth-order valence-corrected chi connectivity index (χ4v) is 1.55. The molecule has 0 radical (unpaired) electrons. The molecule has 0 aliphatic rings. The molecule has 15 heavy (non-hydrogen) atoms. The average Bonchev–Trinajstić information content (AvgIpc) is 2.73. The Bertz CT molecular complexity index is 454. The highest BCUT2D eigenvalue weighted by Gasteiger charge is 2.09. The van der Waals surface area contributed by atoms with Gasteiger partial charge in [-0.05, 0) is 6.42 Å². The van der Waals surface area contributed by atoms with Gasteiger partial charge in [-0.25, -0.2) is 0 Å². The summed E-state index contributed by atoms with van der Waals surface area (Å²) in [5.74, 6) is 0. The lowest BCUT2D eigenvalue weighted by Crippen LogP contribution is -1.96. The van der Waals surface area contributed by atoms with Crippen molar-refractivity contribution in [2.45, 2.75) is 19.9 Å². The van der Waals surface area contributed by atoms with Crippen molar-refractivity contribution >= 4 is 5.69 Å². The van der Waals surface area contributed by atoms with E-state index in [4.69, 9.17) is 5.73 Å². The van der Waals surface area contributed by atoms with E-state index in [0.29, 0.717) is 5.69 Å². The van der Waals surface area contributed by atoms with Gasteiger partial charge < -0.3 is 5.73 Å². The highest BCUT2D eigenvalue weighted by molar-refractivity contribution is 5.70. The highest BCUT2D eigenvalue weighted by atomic mass is 15.3. The summed E-state index contributed by atoms with van der Waals surface area (Å²) in [5.41, 5.74) is 8.38. The number of nitrogens with two attached hydrogens (primary N) is 1. The van der Waals surface area contributed by atoms with Crippen LogP contribution in [0.1, 0.15) is 13.3 Å². The molecule has 0 atom stereocenters. The second-order valence-electron chi connectivity index (χ2n) is 3.60. The van der Waals surface area contributed by atoms with Gasteiger partial charge in [-0.2, -0.15) is 10.2 Å². The summed E-state index contributed by atoms with van der Waals surface area (Å²) >= 11 is 0. The van der Waals surface area contributed by atoms with Crippen LogP contribution in [-0.2, 0) is 13.6 Å². The van der Waals surface area contributed by atoms with Crippen LogP contribution in [0.4, 0.5) is 5.69 Å². The maximum Gasteiger partial charge on any atom is 0.118 e. The van der Waals surface area contributed by atoms with Gasteiger partial charge in [-0.3, -0.25) is 9.36 Å². The fraction of sp³-hybridized carbons (Fsp3) is 0.400. The van der Waals surface area contributed by atoms with Crippen LogP contribution in [0.25, 0.3) is 11.3 Å². The molecule has 0 fully saturated rings. The van der Waals surface area contributed by atoms with E-state index in [2.05, 4.69) is 17.1 Å². The molecule has 0 bridgehead atoms. The number of nitrogens with zero attached hydrogens (tertiary/aromatic N) is 4. The fourth-order valence-electron chi connectivity index (χ4n) is 1.55. The van der Waals surface area contributed by atoms with E-state index in [-0.39, 0.29) is 0 Å². The van der Waals surface area contributed by atoms with Crippen molar-refractivity contribution in [3.05, 3.63) is 18.6 Å². The van der Waals surface area contributed by atoms with Crippen LogP contribution in [0.2, 0.25) is 0 Å². The molecule has 2 heterocycles. The number of hydrogen-bond acceptors (Lipinski definition) is 3. The molecule has 0 aliphatic carbocycles. The van der Waals surface area contributed by atoms with Crippen molar-refractivity contribution in [2.24, 2.45) is 7.05 Å². The molecule has 0 amide bonds. The van der Waals surface area contributed by atoms with Gasteiger partial charge in [0.1, 0.15) is 5.69 Å². The Morgan fingerprint density at radius 1 is 1.40 bits per heavy atom. The minimum Gasteiger partial charge on any atom is -0.396 e. The maximum atomic E-state index is 5.89. The number of rotatable bonds is 3. The van der Waals surface area contributed by atoms with E-state index in [0.717, 1.165) is 24.2 Å². The highest BCUT2D eigenvalue weighted by Crippen LogP contribution is 2.22. The first kappa shape index (κ1) is 9.76. The molecule has 2 aromatic heterocycles. The minimum atomic E-state index is 0.705. The second kappa shape index (κ2) is 3.76. The molecule has 0 saturated heterocycles. The van der Waals surface area contributed by atoms with Gasteiger partial charge in [0, 0.05) is 31.5 Å². The Labute approximate surface area is 88.5 Å². The Morgan fingerprint density at radius 2 is 2.20 bits per heavy atom. The summed E-state index contributed by atoms with van der Waals surface area (Å²) in [6.45, 7) is 3.01.